The first-order chi connectivity index (χ1) is 13.2. The third-order valence-corrected chi connectivity index (χ3v) is 7.13. The number of aliphatic hydroxyl groups is 1. The molecule has 2 N–H and O–H groups in total. The topological polar surface area (TPSA) is 52.6 Å². The van der Waals surface area contributed by atoms with Crippen LogP contribution in [0.5, 0.6) is 0 Å². The molecule has 4 heteroatoms. The molecule has 3 fully saturated rings. The Labute approximate surface area is 163 Å². The first-order valence-corrected chi connectivity index (χ1v) is 11.0. The number of rotatable bonds is 5. The van der Waals surface area contributed by atoms with Gasteiger partial charge in [0.1, 0.15) is 5.54 Å². The largest absolute Gasteiger partial charge is 0.393 e. The highest BCUT2D eigenvalue weighted by molar-refractivity contribution is 5.87. The maximum Gasteiger partial charge on any atom is 0.241 e. The fourth-order valence-corrected chi connectivity index (χ4v) is 5.46. The van der Waals surface area contributed by atoms with Crippen LogP contribution in [0, 0.1) is 5.92 Å². The third kappa shape index (κ3) is 3.93. The second-order valence-electron chi connectivity index (χ2n) is 8.89. The number of nitrogens with zero attached hydrogens (tertiary/aromatic N) is 1. The monoisotopic (exact) mass is 370 g/mol. The number of hydrogen-bond donors (Lipinski definition) is 2. The molecule has 4 nitrogen and oxygen atoms in total. The van der Waals surface area contributed by atoms with E-state index in [1.807, 2.05) is 18.2 Å². The SMILES string of the molecule is O=C(N[C@H](c1ccccc1)C1CC(O)C1)C1(N2CCCCC2)CCCCC1. The van der Waals surface area contributed by atoms with Gasteiger partial charge in [-0.15, -0.1) is 0 Å². The minimum atomic E-state index is -0.311. The van der Waals surface area contributed by atoms with Crippen LogP contribution < -0.4 is 5.32 Å². The van der Waals surface area contributed by atoms with Gasteiger partial charge in [0, 0.05) is 0 Å². The number of hydrogen-bond acceptors (Lipinski definition) is 3. The quantitative estimate of drug-likeness (QED) is 0.829. The molecule has 2 saturated carbocycles. The molecule has 2 aliphatic carbocycles. The van der Waals surface area contributed by atoms with Crippen LogP contribution in [0.4, 0.5) is 0 Å². The van der Waals surface area contributed by atoms with Gasteiger partial charge in [-0.25, -0.2) is 0 Å². The fourth-order valence-electron chi connectivity index (χ4n) is 5.46. The molecule has 1 atom stereocenters. The summed E-state index contributed by atoms with van der Waals surface area (Å²) in [6.45, 7) is 2.12. The molecule has 0 aromatic heterocycles. The predicted molar refractivity (Wildman–Crippen MR) is 107 cm³/mol. The van der Waals surface area contributed by atoms with Gasteiger partial charge in [-0.1, -0.05) is 56.0 Å². The van der Waals surface area contributed by atoms with Crippen LogP contribution in [0.25, 0.3) is 0 Å². The Morgan fingerprint density at radius 3 is 2.26 bits per heavy atom. The van der Waals surface area contributed by atoms with Crippen LogP contribution in [-0.2, 0) is 4.79 Å². The lowest BCUT2D eigenvalue weighted by Crippen LogP contribution is -2.62. The summed E-state index contributed by atoms with van der Waals surface area (Å²) in [5.74, 6) is 0.577. The Bertz CT molecular complexity index is 615. The van der Waals surface area contributed by atoms with Crippen molar-refractivity contribution in [3.8, 4) is 0 Å². The molecule has 0 spiro atoms. The zero-order chi connectivity index (χ0) is 18.7. The lowest BCUT2D eigenvalue weighted by molar-refractivity contribution is -0.139. The summed E-state index contributed by atoms with van der Waals surface area (Å²) in [5, 5.41) is 13.3. The summed E-state index contributed by atoms with van der Waals surface area (Å²) < 4.78 is 0. The average Bonchev–Trinajstić information content (AvgIpc) is 2.71. The highest BCUT2D eigenvalue weighted by Crippen LogP contribution is 2.40. The van der Waals surface area contributed by atoms with E-state index in [0.29, 0.717) is 5.92 Å². The average molecular weight is 371 g/mol. The zero-order valence-corrected chi connectivity index (χ0v) is 16.4. The van der Waals surface area contributed by atoms with E-state index in [1.54, 1.807) is 0 Å². The van der Waals surface area contributed by atoms with Crippen molar-refractivity contribution in [1.82, 2.24) is 10.2 Å². The van der Waals surface area contributed by atoms with Crippen LogP contribution in [0.1, 0.15) is 75.8 Å². The van der Waals surface area contributed by atoms with Gasteiger partial charge < -0.3 is 10.4 Å². The van der Waals surface area contributed by atoms with Gasteiger partial charge in [0.2, 0.25) is 5.91 Å². The molecule has 0 bridgehead atoms. The second kappa shape index (κ2) is 8.32. The van der Waals surface area contributed by atoms with Crippen molar-refractivity contribution < 1.29 is 9.90 Å². The summed E-state index contributed by atoms with van der Waals surface area (Å²) in [6.07, 6.45) is 10.6. The lowest BCUT2D eigenvalue weighted by Gasteiger charge is -2.48. The van der Waals surface area contributed by atoms with Crippen molar-refractivity contribution in [1.29, 1.82) is 0 Å². The predicted octanol–water partition coefficient (Wildman–Crippen LogP) is 3.80. The summed E-state index contributed by atoms with van der Waals surface area (Å²) >= 11 is 0. The Hall–Kier alpha value is -1.39. The third-order valence-electron chi connectivity index (χ3n) is 7.13. The molecule has 4 rings (SSSR count). The standard InChI is InChI=1S/C23H34N2O2/c26-20-16-19(17-20)21(18-10-4-1-5-11-18)24-22(27)23(12-6-2-7-13-23)25-14-8-3-9-15-25/h1,4-5,10-11,19-21,26H,2-3,6-9,12-17H2,(H,24,27)/t19?,20?,21-/m1/s1. The number of carbonyl (C=O) groups is 1. The van der Waals surface area contributed by atoms with Crippen molar-refractivity contribution in [2.45, 2.75) is 81.9 Å². The molecular formula is C23H34N2O2. The summed E-state index contributed by atoms with van der Waals surface area (Å²) in [5.41, 5.74) is 0.862. The van der Waals surface area contributed by atoms with E-state index in [1.165, 1.54) is 31.2 Å². The van der Waals surface area contributed by atoms with E-state index >= 15 is 0 Å². The van der Waals surface area contributed by atoms with Crippen molar-refractivity contribution in [2.75, 3.05) is 13.1 Å². The van der Waals surface area contributed by atoms with Gasteiger partial charge in [0.15, 0.2) is 0 Å². The Morgan fingerprint density at radius 1 is 1.00 bits per heavy atom. The maximum atomic E-state index is 13.7. The van der Waals surface area contributed by atoms with Crippen molar-refractivity contribution in [3.05, 3.63) is 35.9 Å². The van der Waals surface area contributed by atoms with Crippen LogP contribution >= 0.6 is 0 Å². The maximum absolute atomic E-state index is 13.7. The van der Waals surface area contributed by atoms with E-state index < -0.39 is 0 Å². The molecule has 1 heterocycles. The number of piperidine rings is 1. The number of carbonyl (C=O) groups excluding carboxylic acids is 1. The minimum absolute atomic E-state index is 0.0192. The molecule has 1 aromatic carbocycles. The van der Waals surface area contributed by atoms with Crippen molar-refractivity contribution in [3.63, 3.8) is 0 Å². The van der Waals surface area contributed by atoms with Gasteiger partial charge >= 0.3 is 0 Å². The molecule has 1 saturated heterocycles. The van der Waals surface area contributed by atoms with Gasteiger partial charge in [-0.3, -0.25) is 9.69 Å². The van der Waals surface area contributed by atoms with Crippen molar-refractivity contribution >= 4 is 5.91 Å². The number of benzene rings is 1. The number of amides is 1. The smallest absolute Gasteiger partial charge is 0.241 e. The molecule has 0 unspecified atom stereocenters. The van der Waals surface area contributed by atoms with E-state index in [2.05, 4.69) is 22.3 Å². The highest BCUT2D eigenvalue weighted by Gasteiger charge is 2.46. The molecule has 1 aliphatic heterocycles. The van der Waals surface area contributed by atoms with Gasteiger partial charge in [-0.2, -0.15) is 0 Å². The molecule has 1 aromatic rings. The number of likely N-dealkylation sites (tertiary alicyclic amines) is 1. The first kappa shape index (κ1) is 18.9. The van der Waals surface area contributed by atoms with Gasteiger partial charge in [0.25, 0.3) is 0 Å². The zero-order valence-electron chi connectivity index (χ0n) is 16.4. The van der Waals surface area contributed by atoms with Crippen LogP contribution in [0.15, 0.2) is 30.3 Å². The normalized spacial score (nSPS) is 29.5. The second-order valence-corrected chi connectivity index (χ2v) is 8.89. The van der Waals surface area contributed by atoms with Crippen molar-refractivity contribution in [2.24, 2.45) is 5.92 Å². The molecule has 148 valence electrons. The molecule has 1 amide bonds. The molecular weight excluding hydrogens is 336 g/mol. The molecule has 27 heavy (non-hydrogen) atoms. The highest BCUT2D eigenvalue weighted by atomic mass is 16.3. The fraction of sp³-hybridized carbons (Fsp3) is 0.696. The van der Waals surface area contributed by atoms with Crippen LogP contribution in [0.3, 0.4) is 0 Å². The Morgan fingerprint density at radius 2 is 1.63 bits per heavy atom. The number of nitrogens with one attached hydrogen (secondary N) is 1. The summed E-state index contributed by atoms with van der Waals surface area (Å²) in [7, 11) is 0. The Balaban J connectivity index is 1.56. The van der Waals surface area contributed by atoms with Crippen LogP contribution in [0.2, 0.25) is 0 Å². The Kier molecular flexibility index (Phi) is 5.84. The summed E-state index contributed by atoms with van der Waals surface area (Å²) in [4.78, 5) is 16.2. The van der Waals surface area contributed by atoms with Crippen LogP contribution in [-0.4, -0.2) is 40.6 Å². The van der Waals surface area contributed by atoms with Gasteiger partial charge in [-0.05, 0) is 63.1 Å². The van der Waals surface area contributed by atoms with E-state index in [4.69, 9.17) is 0 Å². The lowest BCUT2D eigenvalue weighted by atomic mass is 9.73. The van der Waals surface area contributed by atoms with E-state index in [-0.39, 0.29) is 23.6 Å². The summed E-state index contributed by atoms with van der Waals surface area (Å²) in [6, 6.07) is 10.4. The minimum Gasteiger partial charge on any atom is -0.393 e. The first-order valence-electron chi connectivity index (χ1n) is 11.0. The van der Waals surface area contributed by atoms with E-state index in [9.17, 15) is 9.90 Å². The van der Waals surface area contributed by atoms with Gasteiger partial charge in [0.05, 0.1) is 12.1 Å². The molecule has 3 aliphatic rings. The number of aliphatic hydroxyl groups excluding tert-OH is 1. The molecule has 0 radical (unpaired) electrons. The van der Waals surface area contributed by atoms with E-state index in [0.717, 1.165) is 51.6 Å².